The number of nitrogens with zero attached hydrogens (tertiary/aromatic N) is 1. The topological polar surface area (TPSA) is 104 Å². The van der Waals surface area contributed by atoms with Crippen molar-refractivity contribution in [3.8, 4) is 11.5 Å². The van der Waals surface area contributed by atoms with Crippen LogP contribution in [0.25, 0.3) is 0 Å². The van der Waals surface area contributed by atoms with Crippen molar-refractivity contribution in [1.29, 1.82) is 0 Å². The summed E-state index contributed by atoms with van der Waals surface area (Å²) in [6.07, 6.45) is 2.02. The molecule has 8 nitrogen and oxygen atoms in total. The zero-order valence-corrected chi connectivity index (χ0v) is 13.6. The molecule has 0 bridgehead atoms. The molecule has 0 saturated carbocycles. The van der Waals surface area contributed by atoms with Crippen LogP contribution in [0, 0.1) is 10.1 Å². The Morgan fingerprint density at radius 3 is 2.54 bits per heavy atom. The van der Waals surface area contributed by atoms with Crippen molar-refractivity contribution in [1.82, 2.24) is 5.32 Å². The number of nitro groups is 1. The van der Waals surface area contributed by atoms with Crippen molar-refractivity contribution in [3.63, 3.8) is 0 Å². The molecule has 1 N–H and O–H groups in total. The van der Waals surface area contributed by atoms with Crippen molar-refractivity contribution in [3.05, 3.63) is 52.0 Å². The number of ether oxygens (including phenoxy) is 2. The second-order valence-corrected chi connectivity index (χ2v) is 5.14. The van der Waals surface area contributed by atoms with Gasteiger partial charge in [-0.1, -0.05) is 0 Å². The second-order valence-electron chi connectivity index (χ2n) is 5.14. The van der Waals surface area contributed by atoms with E-state index in [0.717, 1.165) is 0 Å². The van der Waals surface area contributed by atoms with Crippen molar-refractivity contribution >= 4 is 11.6 Å². The first-order valence-corrected chi connectivity index (χ1v) is 7.20. The highest BCUT2D eigenvalue weighted by Crippen LogP contribution is 2.34. The normalized spacial score (nSPS) is 11.6. The number of nitro benzene ring substituents is 1. The summed E-state index contributed by atoms with van der Waals surface area (Å²) >= 11 is 0. The lowest BCUT2D eigenvalue weighted by Crippen LogP contribution is -2.34. The molecule has 0 spiro atoms. The van der Waals surface area contributed by atoms with Gasteiger partial charge in [-0.25, -0.2) is 0 Å². The highest BCUT2D eigenvalue weighted by atomic mass is 16.6. The van der Waals surface area contributed by atoms with Crippen molar-refractivity contribution < 1.29 is 23.6 Å². The van der Waals surface area contributed by atoms with Crippen LogP contribution in [0.3, 0.4) is 0 Å². The Labute approximate surface area is 138 Å². The summed E-state index contributed by atoms with van der Waals surface area (Å²) in [5, 5.41) is 14.0. The molecule has 0 aliphatic rings. The first-order valence-electron chi connectivity index (χ1n) is 7.20. The minimum Gasteiger partial charge on any atom is -0.493 e. The molecule has 1 aromatic carbocycles. The standard InChI is InChI=1S/C16H18N2O6/c1-10(7-11-5-4-6-24-11)17-16(19)12-8-14(22-2)15(23-3)9-13(12)18(20)21/h4-6,8-10H,7H2,1-3H3,(H,17,19). The minimum atomic E-state index is -0.631. The summed E-state index contributed by atoms with van der Waals surface area (Å²) in [5.74, 6) is 0.572. The maximum Gasteiger partial charge on any atom is 0.286 e. The van der Waals surface area contributed by atoms with Crippen LogP contribution in [0.5, 0.6) is 11.5 Å². The summed E-state index contributed by atoms with van der Waals surface area (Å²) in [7, 11) is 2.76. The fourth-order valence-corrected chi connectivity index (χ4v) is 2.28. The van der Waals surface area contributed by atoms with E-state index in [1.165, 1.54) is 26.4 Å². The monoisotopic (exact) mass is 334 g/mol. The molecule has 0 fully saturated rings. The molecule has 0 aliphatic carbocycles. The quantitative estimate of drug-likeness (QED) is 0.616. The Morgan fingerprint density at radius 2 is 2.00 bits per heavy atom. The molecule has 0 radical (unpaired) electrons. The molecule has 8 heteroatoms. The number of carbonyl (C=O) groups excluding carboxylic acids is 1. The third-order valence-corrected chi connectivity index (χ3v) is 3.41. The molecule has 0 aliphatic heterocycles. The van der Waals surface area contributed by atoms with E-state index in [1.807, 2.05) is 0 Å². The van der Waals surface area contributed by atoms with Crippen molar-refractivity contribution in [2.75, 3.05) is 14.2 Å². The van der Waals surface area contributed by atoms with Crippen LogP contribution < -0.4 is 14.8 Å². The number of amides is 1. The van der Waals surface area contributed by atoms with E-state index >= 15 is 0 Å². The Bertz CT molecular complexity index is 726. The minimum absolute atomic E-state index is 0.0936. The zero-order chi connectivity index (χ0) is 17.7. The Balaban J connectivity index is 2.25. The van der Waals surface area contributed by atoms with Gasteiger partial charge < -0.3 is 19.2 Å². The van der Waals surface area contributed by atoms with Crippen molar-refractivity contribution in [2.24, 2.45) is 0 Å². The predicted octanol–water partition coefficient (Wildman–Crippen LogP) is 2.57. The van der Waals surface area contributed by atoms with Crippen LogP contribution in [0.15, 0.2) is 34.9 Å². The number of nitrogens with one attached hydrogen (secondary N) is 1. The molecule has 24 heavy (non-hydrogen) atoms. The number of hydrogen-bond acceptors (Lipinski definition) is 6. The van der Waals surface area contributed by atoms with E-state index in [1.54, 1.807) is 25.3 Å². The smallest absolute Gasteiger partial charge is 0.286 e. The number of rotatable bonds is 7. The van der Waals surface area contributed by atoms with Gasteiger partial charge in [-0.15, -0.1) is 0 Å². The van der Waals surface area contributed by atoms with E-state index < -0.39 is 10.8 Å². The third kappa shape index (κ3) is 3.83. The number of benzene rings is 1. The molecule has 1 heterocycles. The number of hydrogen-bond donors (Lipinski definition) is 1. The predicted molar refractivity (Wildman–Crippen MR) is 85.5 cm³/mol. The average Bonchev–Trinajstić information content (AvgIpc) is 3.05. The molecular weight excluding hydrogens is 316 g/mol. The van der Waals surface area contributed by atoms with Gasteiger partial charge in [0.15, 0.2) is 11.5 Å². The Kier molecular flexibility index (Phi) is 5.41. The Morgan fingerprint density at radius 1 is 1.33 bits per heavy atom. The molecule has 0 saturated heterocycles. The molecule has 128 valence electrons. The van der Waals surface area contributed by atoms with Crippen LogP contribution in [-0.4, -0.2) is 31.1 Å². The molecular formula is C16H18N2O6. The summed E-state index contributed by atoms with van der Waals surface area (Å²) < 4.78 is 15.4. The molecule has 1 unspecified atom stereocenters. The van der Waals surface area contributed by atoms with Gasteiger partial charge in [0.05, 0.1) is 31.5 Å². The van der Waals surface area contributed by atoms with E-state index in [9.17, 15) is 14.9 Å². The molecule has 1 atom stereocenters. The molecule has 2 rings (SSSR count). The molecule has 2 aromatic rings. The summed E-state index contributed by atoms with van der Waals surface area (Å²) in [4.78, 5) is 23.1. The van der Waals surface area contributed by atoms with Crippen LogP contribution in [0.2, 0.25) is 0 Å². The van der Waals surface area contributed by atoms with Crippen LogP contribution >= 0.6 is 0 Å². The number of carbonyl (C=O) groups is 1. The third-order valence-electron chi connectivity index (χ3n) is 3.41. The molecule has 1 amide bonds. The Hall–Kier alpha value is -3.03. The van der Waals surface area contributed by atoms with Gasteiger partial charge in [-0.2, -0.15) is 0 Å². The highest BCUT2D eigenvalue weighted by molar-refractivity contribution is 5.99. The maximum atomic E-state index is 12.4. The maximum absolute atomic E-state index is 12.4. The lowest BCUT2D eigenvalue weighted by molar-refractivity contribution is -0.385. The van der Waals surface area contributed by atoms with E-state index in [2.05, 4.69) is 5.32 Å². The summed E-state index contributed by atoms with van der Waals surface area (Å²) in [5.41, 5.74) is -0.445. The first-order chi connectivity index (χ1) is 11.5. The van der Waals surface area contributed by atoms with E-state index in [4.69, 9.17) is 13.9 Å². The number of furan rings is 1. The summed E-state index contributed by atoms with van der Waals surface area (Å²) in [6, 6.07) is 5.75. The zero-order valence-electron chi connectivity index (χ0n) is 13.6. The lowest BCUT2D eigenvalue weighted by atomic mass is 10.1. The van der Waals surface area contributed by atoms with Crippen LogP contribution in [0.1, 0.15) is 23.0 Å². The highest BCUT2D eigenvalue weighted by Gasteiger charge is 2.25. The van der Waals surface area contributed by atoms with Gasteiger partial charge in [0.2, 0.25) is 0 Å². The average molecular weight is 334 g/mol. The lowest BCUT2D eigenvalue weighted by Gasteiger charge is -2.14. The fourth-order valence-electron chi connectivity index (χ4n) is 2.28. The van der Waals surface area contributed by atoms with Crippen LogP contribution in [-0.2, 0) is 6.42 Å². The first kappa shape index (κ1) is 17.3. The number of methoxy groups -OCH3 is 2. The van der Waals surface area contributed by atoms with Gasteiger partial charge >= 0.3 is 0 Å². The van der Waals surface area contributed by atoms with Crippen molar-refractivity contribution in [2.45, 2.75) is 19.4 Å². The second kappa shape index (κ2) is 7.49. The van der Waals surface area contributed by atoms with Gasteiger partial charge in [0.25, 0.3) is 11.6 Å². The van der Waals surface area contributed by atoms with Gasteiger partial charge in [-0.3, -0.25) is 14.9 Å². The summed E-state index contributed by atoms with van der Waals surface area (Å²) in [6.45, 7) is 1.78. The fraction of sp³-hybridized carbons (Fsp3) is 0.312. The van der Waals surface area contributed by atoms with Gasteiger partial charge in [-0.05, 0) is 19.1 Å². The molecule has 1 aromatic heterocycles. The van der Waals surface area contributed by atoms with E-state index in [-0.39, 0.29) is 28.8 Å². The van der Waals surface area contributed by atoms with Gasteiger partial charge in [0.1, 0.15) is 11.3 Å². The van der Waals surface area contributed by atoms with Gasteiger partial charge in [0, 0.05) is 18.5 Å². The largest absolute Gasteiger partial charge is 0.493 e. The van der Waals surface area contributed by atoms with Crippen LogP contribution in [0.4, 0.5) is 5.69 Å². The SMILES string of the molecule is COc1cc(C(=O)NC(C)Cc2ccco2)c([N+](=O)[O-])cc1OC. The van der Waals surface area contributed by atoms with E-state index in [0.29, 0.717) is 12.2 Å².